The average Bonchev–Trinajstić information content (AvgIpc) is 2.31. The van der Waals surface area contributed by atoms with Gasteiger partial charge in [-0.15, -0.1) is 0 Å². The summed E-state index contributed by atoms with van der Waals surface area (Å²) < 4.78 is 4.98. The Morgan fingerprint density at radius 1 is 1.59 bits per heavy atom. The zero-order valence-corrected chi connectivity index (χ0v) is 11.5. The average molecular weight is 302 g/mol. The number of carbonyl (C=O) groups is 1. The fourth-order valence-electron chi connectivity index (χ4n) is 1.35. The van der Waals surface area contributed by atoms with Crippen LogP contribution in [0.3, 0.4) is 0 Å². The van der Waals surface area contributed by atoms with Crippen LogP contribution in [0.2, 0.25) is 0 Å². The van der Waals surface area contributed by atoms with Crippen molar-refractivity contribution in [2.45, 2.75) is 13.0 Å². The molecule has 1 atom stereocenters. The molecule has 0 aliphatic heterocycles. The van der Waals surface area contributed by atoms with Crippen molar-refractivity contribution in [3.8, 4) is 5.75 Å². The number of nitrogens with one attached hydrogen (secondary N) is 1. The van der Waals surface area contributed by atoms with Crippen LogP contribution in [0.15, 0.2) is 18.2 Å². The number of aryl methyl sites for hydroxylation is 1. The minimum Gasteiger partial charge on any atom is -0.508 e. The summed E-state index contributed by atoms with van der Waals surface area (Å²) in [4.78, 5) is 11.9. The molecule has 17 heavy (non-hydrogen) atoms. The standard InChI is InChI=1S/C12H16BrNO3/c1-8-3-4-9(5-11(8)15)12(16)14-10(6-13)7-17-2/h3-5,10,15H,6-7H2,1-2H3,(H,14,16). The molecule has 0 saturated heterocycles. The molecule has 0 radical (unpaired) electrons. The molecule has 0 spiro atoms. The van der Waals surface area contributed by atoms with Gasteiger partial charge in [0.05, 0.1) is 12.6 Å². The van der Waals surface area contributed by atoms with Crippen LogP contribution in [0.25, 0.3) is 0 Å². The van der Waals surface area contributed by atoms with Crippen LogP contribution < -0.4 is 5.32 Å². The quantitative estimate of drug-likeness (QED) is 0.816. The van der Waals surface area contributed by atoms with E-state index in [0.717, 1.165) is 5.56 Å². The molecule has 1 aromatic carbocycles. The van der Waals surface area contributed by atoms with Gasteiger partial charge < -0.3 is 15.2 Å². The molecule has 0 fully saturated rings. The van der Waals surface area contributed by atoms with Crippen LogP contribution in [0.4, 0.5) is 0 Å². The molecule has 94 valence electrons. The molecule has 0 bridgehead atoms. The van der Waals surface area contributed by atoms with Crippen LogP contribution in [-0.4, -0.2) is 36.1 Å². The summed E-state index contributed by atoms with van der Waals surface area (Å²) in [6, 6.07) is 4.77. The van der Waals surface area contributed by atoms with Gasteiger partial charge in [0.1, 0.15) is 5.75 Å². The summed E-state index contributed by atoms with van der Waals surface area (Å²) >= 11 is 3.30. The van der Waals surface area contributed by atoms with E-state index in [1.165, 1.54) is 6.07 Å². The highest BCUT2D eigenvalue weighted by Crippen LogP contribution is 2.17. The summed E-state index contributed by atoms with van der Waals surface area (Å²) in [6.07, 6.45) is 0. The number of phenolic OH excluding ortho intramolecular Hbond substituents is 1. The normalized spacial score (nSPS) is 12.2. The molecule has 1 aromatic rings. The zero-order valence-electron chi connectivity index (χ0n) is 9.87. The first-order valence-corrected chi connectivity index (χ1v) is 6.36. The van der Waals surface area contributed by atoms with Gasteiger partial charge in [0.2, 0.25) is 0 Å². The second kappa shape index (κ2) is 6.61. The number of carbonyl (C=O) groups excluding carboxylic acids is 1. The van der Waals surface area contributed by atoms with Crippen LogP contribution >= 0.6 is 15.9 Å². The first-order valence-electron chi connectivity index (χ1n) is 5.24. The Balaban J connectivity index is 2.72. The lowest BCUT2D eigenvalue weighted by molar-refractivity contribution is 0.0907. The van der Waals surface area contributed by atoms with E-state index in [0.29, 0.717) is 17.5 Å². The van der Waals surface area contributed by atoms with Gasteiger partial charge in [0.25, 0.3) is 5.91 Å². The summed E-state index contributed by atoms with van der Waals surface area (Å²) in [5.74, 6) is -0.0958. The lowest BCUT2D eigenvalue weighted by Crippen LogP contribution is -2.39. The predicted octanol–water partition coefficient (Wildman–Crippen LogP) is 1.84. The molecule has 2 N–H and O–H groups in total. The molecule has 0 heterocycles. The van der Waals surface area contributed by atoms with Crippen molar-refractivity contribution in [2.75, 3.05) is 19.0 Å². The molecule has 0 saturated carbocycles. The predicted molar refractivity (Wildman–Crippen MR) is 69.8 cm³/mol. The van der Waals surface area contributed by atoms with E-state index in [1.54, 1.807) is 26.2 Å². The van der Waals surface area contributed by atoms with Gasteiger partial charge >= 0.3 is 0 Å². The van der Waals surface area contributed by atoms with E-state index in [2.05, 4.69) is 21.2 Å². The third-order valence-electron chi connectivity index (χ3n) is 2.36. The van der Waals surface area contributed by atoms with Gasteiger partial charge in [0.15, 0.2) is 0 Å². The fourth-order valence-corrected chi connectivity index (χ4v) is 1.69. The minimum absolute atomic E-state index is 0.0871. The summed E-state index contributed by atoms with van der Waals surface area (Å²) in [5.41, 5.74) is 1.19. The Morgan fingerprint density at radius 2 is 2.29 bits per heavy atom. The lowest BCUT2D eigenvalue weighted by Gasteiger charge is -2.15. The fraction of sp³-hybridized carbons (Fsp3) is 0.417. The van der Waals surface area contributed by atoms with Crippen molar-refractivity contribution < 1.29 is 14.6 Å². The highest BCUT2D eigenvalue weighted by molar-refractivity contribution is 9.09. The number of methoxy groups -OCH3 is 1. The first-order chi connectivity index (χ1) is 8.08. The number of hydrogen-bond donors (Lipinski definition) is 2. The van der Waals surface area contributed by atoms with Gasteiger partial charge in [-0.1, -0.05) is 22.0 Å². The van der Waals surface area contributed by atoms with Crippen LogP contribution in [0, 0.1) is 6.92 Å². The molecule has 1 unspecified atom stereocenters. The maximum Gasteiger partial charge on any atom is 0.251 e. The first kappa shape index (κ1) is 14.0. The van der Waals surface area contributed by atoms with Crippen molar-refractivity contribution in [3.63, 3.8) is 0 Å². The highest BCUT2D eigenvalue weighted by atomic mass is 79.9. The Labute approximate surface area is 109 Å². The van der Waals surface area contributed by atoms with E-state index >= 15 is 0 Å². The van der Waals surface area contributed by atoms with E-state index < -0.39 is 0 Å². The molecular weight excluding hydrogens is 286 g/mol. The summed E-state index contributed by atoms with van der Waals surface area (Å²) in [5, 5.41) is 13.0. The summed E-state index contributed by atoms with van der Waals surface area (Å²) in [7, 11) is 1.58. The molecule has 0 aliphatic carbocycles. The Morgan fingerprint density at radius 3 is 2.82 bits per heavy atom. The number of phenols is 1. The van der Waals surface area contributed by atoms with Crippen molar-refractivity contribution in [3.05, 3.63) is 29.3 Å². The molecule has 1 amide bonds. The van der Waals surface area contributed by atoms with Crippen LogP contribution in [0.1, 0.15) is 15.9 Å². The maximum atomic E-state index is 11.9. The highest BCUT2D eigenvalue weighted by Gasteiger charge is 2.13. The van der Waals surface area contributed by atoms with Gasteiger partial charge in [-0.25, -0.2) is 0 Å². The number of alkyl halides is 1. The van der Waals surface area contributed by atoms with Crippen molar-refractivity contribution in [1.29, 1.82) is 0 Å². The number of aromatic hydroxyl groups is 1. The monoisotopic (exact) mass is 301 g/mol. The third kappa shape index (κ3) is 4.02. The second-order valence-electron chi connectivity index (χ2n) is 3.78. The molecular formula is C12H16BrNO3. The number of benzene rings is 1. The van der Waals surface area contributed by atoms with Gasteiger partial charge in [0, 0.05) is 18.0 Å². The Hall–Kier alpha value is -1.07. The number of amides is 1. The van der Waals surface area contributed by atoms with Gasteiger partial charge in [-0.2, -0.15) is 0 Å². The van der Waals surface area contributed by atoms with Crippen LogP contribution in [-0.2, 0) is 4.74 Å². The van der Waals surface area contributed by atoms with Crippen molar-refractivity contribution >= 4 is 21.8 Å². The minimum atomic E-state index is -0.221. The number of hydrogen-bond acceptors (Lipinski definition) is 3. The lowest BCUT2D eigenvalue weighted by atomic mass is 10.1. The number of ether oxygens (including phenoxy) is 1. The van der Waals surface area contributed by atoms with E-state index in [1.807, 2.05) is 0 Å². The number of halogens is 1. The van der Waals surface area contributed by atoms with E-state index in [9.17, 15) is 9.90 Å². The van der Waals surface area contributed by atoms with Gasteiger partial charge in [-0.05, 0) is 24.6 Å². The molecule has 0 aliphatic rings. The van der Waals surface area contributed by atoms with Crippen molar-refractivity contribution in [1.82, 2.24) is 5.32 Å². The Bertz CT molecular complexity index is 395. The SMILES string of the molecule is COCC(CBr)NC(=O)c1ccc(C)c(O)c1. The molecule has 0 aromatic heterocycles. The largest absolute Gasteiger partial charge is 0.508 e. The van der Waals surface area contributed by atoms with Gasteiger partial charge in [-0.3, -0.25) is 4.79 Å². The van der Waals surface area contributed by atoms with Crippen molar-refractivity contribution in [2.24, 2.45) is 0 Å². The third-order valence-corrected chi connectivity index (χ3v) is 3.14. The van der Waals surface area contributed by atoms with E-state index in [-0.39, 0.29) is 17.7 Å². The topological polar surface area (TPSA) is 58.6 Å². The number of rotatable bonds is 5. The molecule has 5 heteroatoms. The zero-order chi connectivity index (χ0) is 12.8. The molecule has 4 nitrogen and oxygen atoms in total. The maximum absolute atomic E-state index is 11.9. The Kier molecular flexibility index (Phi) is 5.44. The van der Waals surface area contributed by atoms with Crippen LogP contribution in [0.5, 0.6) is 5.75 Å². The summed E-state index contributed by atoms with van der Waals surface area (Å²) in [6.45, 7) is 2.22. The smallest absolute Gasteiger partial charge is 0.251 e. The second-order valence-corrected chi connectivity index (χ2v) is 4.43. The van der Waals surface area contributed by atoms with E-state index in [4.69, 9.17) is 4.74 Å². The molecule has 1 rings (SSSR count).